The van der Waals surface area contributed by atoms with E-state index in [9.17, 15) is 0 Å². The van der Waals surface area contributed by atoms with Crippen LogP contribution in [-0.4, -0.2) is 23.2 Å². The Hall–Kier alpha value is -0.450. The number of hydrogen-bond acceptors (Lipinski definition) is 4. The number of hydrogen-bond donors (Lipinski definition) is 2. The Morgan fingerprint density at radius 1 is 1.62 bits per heavy atom. The molecule has 0 saturated carbocycles. The summed E-state index contributed by atoms with van der Waals surface area (Å²) < 4.78 is 0. The maximum atomic E-state index is 8.96. The van der Waals surface area contributed by atoms with Gasteiger partial charge in [0.05, 0.1) is 5.51 Å². The monoisotopic (exact) mass is 198 g/mol. The van der Waals surface area contributed by atoms with E-state index in [0.717, 1.165) is 19.4 Å². The van der Waals surface area contributed by atoms with Crippen molar-refractivity contribution in [2.45, 2.75) is 18.9 Å². The molecule has 0 amide bonds. The highest BCUT2D eigenvalue weighted by Crippen LogP contribution is 2.27. The summed E-state index contributed by atoms with van der Waals surface area (Å²) in [7, 11) is 0. The summed E-state index contributed by atoms with van der Waals surface area (Å²) in [5.74, 6) is 0.448. The Bertz CT molecular complexity index is 242. The van der Waals surface area contributed by atoms with Crippen LogP contribution in [0, 0.1) is 5.92 Å². The van der Waals surface area contributed by atoms with Crippen LogP contribution in [0.4, 0.5) is 0 Å². The minimum absolute atomic E-state index is 0.308. The Morgan fingerprint density at radius 2 is 2.54 bits per heavy atom. The van der Waals surface area contributed by atoms with Crippen molar-refractivity contribution >= 4 is 11.3 Å². The van der Waals surface area contributed by atoms with Crippen LogP contribution in [0.5, 0.6) is 0 Å². The molecular formula is C9H14N2OS. The minimum atomic E-state index is 0.308. The molecule has 0 aliphatic carbocycles. The number of rotatable bonds is 2. The summed E-state index contributed by atoms with van der Waals surface area (Å²) in [5.41, 5.74) is 1.87. The van der Waals surface area contributed by atoms with Crippen LogP contribution in [0.3, 0.4) is 0 Å². The van der Waals surface area contributed by atoms with Gasteiger partial charge in [0.2, 0.25) is 0 Å². The van der Waals surface area contributed by atoms with Crippen LogP contribution in [0.25, 0.3) is 0 Å². The SMILES string of the molecule is OCC1CCC(c2cncs2)NC1. The molecule has 2 atom stereocenters. The first kappa shape index (κ1) is 9.12. The van der Waals surface area contributed by atoms with E-state index in [4.69, 9.17) is 5.11 Å². The van der Waals surface area contributed by atoms with Gasteiger partial charge in [-0.05, 0) is 18.8 Å². The van der Waals surface area contributed by atoms with Crippen molar-refractivity contribution in [1.82, 2.24) is 10.3 Å². The van der Waals surface area contributed by atoms with Gasteiger partial charge in [0.25, 0.3) is 0 Å². The molecule has 13 heavy (non-hydrogen) atoms. The van der Waals surface area contributed by atoms with Gasteiger partial charge in [-0.3, -0.25) is 4.98 Å². The van der Waals surface area contributed by atoms with Crippen LogP contribution >= 0.6 is 11.3 Å². The second kappa shape index (κ2) is 4.17. The Kier molecular flexibility index (Phi) is 2.93. The van der Waals surface area contributed by atoms with Crippen LogP contribution in [0.2, 0.25) is 0 Å². The van der Waals surface area contributed by atoms with Gasteiger partial charge in [0, 0.05) is 30.3 Å². The molecule has 0 spiro atoms. The third-order valence-electron chi connectivity index (χ3n) is 2.57. The van der Waals surface area contributed by atoms with Crippen LogP contribution in [0.1, 0.15) is 23.8 Å². The van der Waals surface area contributed by atoms with Gasteiger partial charge in [0.1, 0.15) is 0 Å². The third-order valence-corrected chi connectivity index (χ3v) is 3.46. The summed E-state index contributed by atoms with van der Waals surface area (Å²) in [4.78, 5) is 5.38. The normalized spacial score (nSPS) is 29.0. The first-order valence-corrected chi connectivity index (χ1v) is 5.50. The fourth-order valence-electron chi connectivity index (χ4n) is 1.71. The van der Waals surface area contributed by atoms with Crippen LogP contribution in [0.15, 0.2) is 11.7 Å². The molecule has 0 radical (unpaired) electrons. The molecule has 1 aliphatic rings. The van der Waals surface area contributed by atoms with E-state index in [0.29, 0.717) is 18.6 Å². The number of aliphatic hydroxyl groups excluding tert-OH is 1. The number of thiazole rings is 1. The van der Waals surface area contributed by atoms with E-state index in [2.05, 4.69) is 10.3 Å². The van der Waals surface area contributed by atoms with Crippen molar-refractivity contribution in [1.29, 1.82) is 0 Å². The number of piperidine rings is 1. The second-order valence-corrected chi connectivity index (χ2v) is 4.41. The summed E-state index contributed by atoms with van der Waals surface area (Å²) in [5, 5.41) is 12.4. The molecular weight excluding hydrogens is 184 g/mol. The Balaban J connectivity index is 1.92. The zero-order chi connectivity index (χ0) is 9.10. The lowest BCUT2D eigenvalue weighted by Crippen LogP contribution is -2.34. The van der Waals surface area contributed by atoms with E-state index in [1.165, 1.54) is 4.88 Å². The molecule has 2 rings (SSSR count). The van der Waals surface area contributed by atoms with E-state index in [1.807, 2.05) is 11.7 Å². The maximum Gasteiger partial charge on any atom is 0.0794 e. The predicted molar refractivity (Wildman–Crippen MR) is 52.7 cm³/mol. The zero-order valence-electron chi connectivity index (χ0n) is 7.44. The van der Waals surface area contributed by atoms with Crippen molar-refractivity contribution in [3.63, 3.8) is 0 Å². The Labute approximate surface area is 81.8 Å². The quantitative estimate of drug-likeness (QED) is 0.750. The van der Waals surface area contributed by atoms with E-state index < -0.39 is 0 Å². The molecule has 3 nitrogen and oxygen atoms in total. The molecule has 2 unspecified atom stereocenters. The number of nitrogens with zero attached hydrogens (tertiary/aromatic N) is 1. The number of aromatic nitrogens is 1. The van der Waals surface area contributed by atoms with E-state index >= 15 is 0 Å². The molecule has 1 aliphatic heterocycles. The Morgan fingerprint density at radius 3 is 3.08 bits per heavy atom. The topological polar surface area (TPSA) is 45.2 Å². The molecule has 1 saturated heterocycles. The average molecular weight is 198 g/mol. The van der Waals surface area contributed by atoms with Gasteiger partial charge < -0.3 is 10.4 Å². The highest BCUT2D eigenvalue weighted by molar-refractivity contribution is 7.09. The molecule has 2 heterocycles. The summed E-state index contributed by atoms with van der Waals surface area (Å²) in [6.07, 6.45) is 4.17. The standard InChI is InChI=1S/C9H14N2OS/c12-5-7-1-2-8(11-3-7)9-4-10-6-13-9/h4,6-8,11-12H,1-3,5H2. The molecule has 4 heteroatoms. The van der Waals surface area contributed by atoms with Gasteiger partial charge in [-0.1, -0.05) is 0 Å². The van der Waals surface area contributed by atoms with Gasteiger partial charge >= 0.3 is 0 Å². The lowest BCUT2D eigenvalue weighted by Gasteiger charge is -2.27. The molecule has 2 N–H and O–H groups in total. The molecule has 1 aromatic heterocycles. The zero-order valence-corrected chi connectivity index (χ0v) is 8.26. The van der Waals surface area contributed by atoms with Crippen LogP contribution in [-0.2, 0) is 0 Å². The predicted octanol–water partition coefficient (Wildman–Crippen LogP) is 1.18. The summed E-state index contributed by atoms with van der Waals surface area (Å²) >= 11 is 1.70. The highest BCUT2D eigenvalue weighted by Gasteiger charge is 2.21. The fourth-order valence-corrected chi connectivity index (χ4v) is 2.44. The van der Waals surface area contributed by atoms with E-state index in [-0.39, 0.29) is 0 Å². The van der Waals surface area contributed by atoms with E-state index in [1.54, 1.807) is 11.3 Å². The summed E-state index contributed by atoms with van der Waals surface area (Å²) in [6.45, 7) is 1.24. The molecule has 0 bridgehead atoms. The van der Waals surface area contributed by atoms with Crippen molar-refractivity contribution in [3.05, 3.63) is 16.6 Å². The highest BCUT2D eigenvalue weighted by atomic mass is 32.1. The fraction of sp³-hybridized carbons (Fsp3) is 0.667. The number of nitrogens with one attached hydrogen (secondary N) is 1. The van der Waals surface area contributed by atoms with Gasteiger partial charge in [0.15, 0.2) is 0 Å². The average Bonchev–Trinajstić information content (AvgIpc) is 2.71. The second-order valence-electron chi connectivity index (χ2n) is 3.49. The van der Waals surface area contributed by atoms with Crippen molar-refractivity contribution < 1.29 is 5.11 Å². The van der Waals surface area contributed by atoms with Crippen molar-refractivity contribution in [3.8, 4) is 0 Å². The summed E-state index contributed by atoms with van der Waals surface area (Å²) in [6, 6.07) is 0.468. The smallest absolute Gasteiger partial charge is 0.0794 e. The maximum absolute atomic E-state index is 8.96. The van der Waals surface area contributed by atoms with Gasteiger partial charge in [-0.2, -0.15) is 0 Å². The minimum Gasteiger partial charge on any atom is -0.396 e. The van der Waals surface area contributed by atoms with Gasteiger partial charge in [-0.15, -0.1) is 11.3 Å². The van der Waals surface area contributed by atoms with Crippen molar-refractivity contribution in [2.75, 3.05) is 13.2 Å². The van der Waals surface area contributed by atoms with Crippen LogP contribution < -0.4 is 5.32 Å². The first-order chi connectivity index (χ1) is 6.40. The lowest BCUT2D eigenvalue weighted by atomic mass is 9.95. The first-order valence-electron chi connectivity index (χ1n) is 4.63. The largest absolute Gasteiger partial charge is 0.396 e. The number of aliphatic hydroxyl groups is 1. The molecule has 1 fully saturated rings. The molecule has 0 aromatic carbocycles. The molecule has 1 aromatic rings. The third kappa shape index (κ3) is 2.07. The molecule has 72 valence electrons. The lowest BCUT2D eigenvalue weighted by molar-refractivity contribution is 0.184. The van der Waals surface area contributed by atoms with Crippen molar-refractivity contribution in [2.24, 2.45) is 5.92 Å². The van der Waals surface area contributed by atoms with Gasteiger partial charge in [-0.25, -0.2) is 0 Å².